The van der Waals surface area contributed by atoms with Crippen molar-refractivity contribution >= 4 is 17.6 Å². The Hall–Kier alpha value is -3.50. The summed E-state index contributed by atoms with van der Waals surface area (Å²) in [6.45, 7) is 8.05. The first-order valence-corrected chi connectivity index (χ1v) is 11.5. The van der Waals surface area contributed by atoms with Gasteiger partial charge in [-0.25, -0.2) is 4.79 Å². The molecule has 3 aliphatic rings. The second kappa shape index (κ2) is 8.37. The Balaban J connectivity index is 1.13. The zero-order valence-electron chi connectivity index (χ0n) is 19.5. The number of carbonyl (C=O) groups excluding carboxylic acids is 1. The molecule has 1 aromatic heterocycles. The lowest BCUT2D eigenvalue weighted by Crippen LogP contribution is -2.50. The molecule has 1 amide bonds. The number of imidazole rings is 1. The Morgan fingerprint density at radius 2 is 2.00 bits per heavy atom. The molecule has 0 N–H and O–H groups in total. The highest BCUT2D eigenvalue weighted by molar-refractivity contribution is 5.70. The van der Waals surface area contributed by atoms with E-state index in [2.05, 4.69) is 9.88 Å². The topological polar surface area (TPSA) is 112 Å². The van der Waals surface area contributed by atoms with Crippen LogP contribution < -0.4 is 14.4 Å². The van der Waals surface area contributed by atoms with E-state index in [1.54, 1.807) is 4.57 Å². The number of anilines is 1. The molecular weight excluding hydrogens is 442 g/mol. The van der Waals surface area contributed by atoms with Crippen LogP contribution in [0, 0.1) is 10.1 Å². The molecule has 1 aromatic carbocycles. The van der Waals surface area contributed by atoms with Crippen LogP contribution in [-0.4, -0.2) is 69.0 Å². The monoisotopic (exact) mass is 471 g/mol. The van der Waals surface area contributed by atoms with E-state index in [0.717, 1.165) is 24.4 Å². The van der Waals surface area contributed by atoms with Gasteiger partial charge in [0.05, 0.1) is 6.04 Å². The number of carbonyl (C=O) groups is 1. The fraction of sp³-hybridized carbons (Fsp3) is 0.565. The van der Waals surface area contributed by atoms with Crippen molar-refractivity contribution in [3.05, 3.63) is 40.6 Å². The van der Waals surface area contributed by atoms with Crippen molar-refractivity contribution in [1.29, 1.82) is 0 Å². The van der Waals surface area contributed by atoms with Crippen molar-refractivity contribution < 1.29 is 23.9 Å². The first kappa shape index (κ1) is 22.3. The second-order valence-electron chi connectivity index (χ2n) is 9.99. The molecule has 0 spiro atoms. The predicted octanol–water partition coefficient (Wildman–Crippen LogP) is 3.22. The molecule has 0 saturated carbocycles. The quantitative estimate of drug-likeness (QED) is 0.483. The number of hydrogen-bond donors (Lipinski definition) is 0. The zero-order valence-corrected chi connectivity index (χ0v) is 19.5. The van der Waals surface area contributed by atoms with Gasteiger partial charge in [0.2, 0.25) is 0 Å². The van der Waals surface area contributed by atoms with Crippen LogP contribution >= 0.6 is 0 Å². The van der Waals surface area contributed by atoms with Crippen LogP contribution in [0.4, 0.5) is 16.3 Å². The van der Waals surface area contributed by atoms with Crippen LogP contribution in [0.1, 0.15) is 33.6 Å². The van der Waals surface area contributed by atoms with Crippen LogP contribution in [0.5, 0.6) is 11.8 Å². The lowest BCUT2D eigenvalue weighted by Gasteiger charge is -2.36. The van der Waals surface area contributed by atoms with Crippen LogP contribution in [0.25, 0.3) is 0 Å². The summed E-state index contributed by atoms with van der Waals surface area (Å²) in [5.41, 5.74) is 0.613. The van der Waals surface area contributed by atoms with E-state index in [0.29, 0.717) is 26.1 Å². The number of rotatable bonds is 5. The fourth-order valence-corrected chi connectivity index (χ4v) is 4.79. The van der Waals surface area contributed by atoms with Gasteiger partial charge in [0, 0.05) is 42.8 Å². The third-order valence-electron chi connectivity index (χ3n) is 6.35. The van der Waals surface area contributed by atoms with Crippen LogP contribution in [-0.2, 0) is 11.3 Å². The van der Waals surface area contributed by atoms with Gasteiger partial charge in [0.1, 0.15) is 30.3 Å². The normalized spacial score (nSPS) is 23.4. The summed E-state index contributed by atoms with van der Waals surface area (Å²) < 4.78 is 18.9. The lowest BCUT2D eigenvalue weighted by atomic mass is 10.2. The van der Waals surface area contributed by atoms with Gasteiger partial charge in [-0.15, -0.1) is 0 Å². The standard InChI is InChI=1S/C23H29N5O6/c1-23(2,3)34-22(29)27-12-16-10-17(27)11-26(16)15-4-6-18(7-5-15)32-14-19-8-9-25-13-20(28(30)31)24-21(25)33-19/h4-7,13,16-17,19H,8-12,14H2,1-3H3/t16?,17?,19-/m1/s1. The number of aryl methyl sites for hydroxylation is 1. The van der Waals surface area contributed by atoms with Crippen molar-refractivity contribution in [1.82, 2.24) is 14.5 Å². The Kier molecular flexibility index (Phi) is 5.49. The molecule has 3 atom stereocenters. The molecule has 182 valence electrons. The number of fused-ring (bicyclic) bond motifs is 3. The second-order valence-corrected chi connectivity index (χ2v) is 9.99. The molecule has 0 radical (unpaired) electrons. The molecule has 4 heterocycles. The largest absolute Gasteiger partial charge is 0.490 e. The van der Waals surface area contributed by atoms with Gasteiger partial charge in [0.15, 0.2) is 0 Å². The minimum Gasteiger partial charge on any atom is -0.490 e. The zero-order chi connectivity index (χ0) is 24.0. The molecule has 0 aliphatic carbocycles. The molecule has 11 nitrogen and oxygen atoms in total. The van der Waals surface area contributed by atoms with E-state index in [1.807, 2.05) is 49.9 Å². The minimum absolute atomic E-state index is 0.169. The number of nitrogens with zero attached hydrogens (tertiary/aromatic N) is 5. The molecular formula is C23H29N5O6. The Morgan fingerprint density at radius 3 is 2.65 bits per heavy atom. The van der Waals surface area contributed by atoms with Gasteiger partial charge < -0.3 is 34.1 Å². The van der Waals surface area contributed by atoms with E-state index in [-0.39, 0.29) is 36.1 Å². The first-order valence-electron chi connectivity index (χ1n) is 11.5. The Bertz CT molecular complexity index is 1080. The molecule has 2 saturated heterocycles. The highest BCUT2D eigenvalue weighted by Gasteiger charge is 2.46. The number of likely N-dealkylation sites (tertiary alicyclic amines) is 1. The summed E-state index contributed by atoms with van der Waals surface area (Å²) in [5, 5.41) is 10.9. The summed E-state index contributed by atoms with van der Waals surface area (Å²) in [4.78, 5) is 30.9. The van der Waals surface area contributed by atoms with Gasteiger partial charge in [-0.05, 0) is 56.4 Å². The van der Waals surface area contributed by atoms with Crippen molar-refractivity contribution in [3.63, 3.8) is 0 Å². The maximum atomic E-state index is 12.5. The number of hydrogen-bond acceptors (Lipinski definition) is 8. The van der Waals surface area contributed by atoms with E-state index in [9.17, 15) is 14.9 Å². The summed E-state index contributed by atoms with van der Waals surface area (Å²) in [5.74, 6) is 0.518. The SMILES string of the molecule is CC(C)(C)OC(=O)N1CC2CC1CN2c1ccc(OC[C@H]2CCn3cc([N+](=O)[O-])nc3O2)cc1. The van der Waals surface area contributed by atoms with Crippen molar-refractivity contribution in [3.8, 4) is 11.8 Å². The Morgan fingerprint density at radius 1 is 1.24 bits per heavy atom. The van der Waals surface area contributed by atoms with Gasteiger partial charge in [-0.3, -0.25) is 4.57 Å². The highest BCUT2D eigenvalue weighted by Crippen LogP contribution is 2.36. The van der Waals surface area contributed by atoms with Gasteiger partial charge >= 0.3 is 17.9 Å². The summed E-state index contributed by atoms with van der Waals surface area (Å²) >= 11 is 0. The predicted molar refractivity (Wildman–Crippen MR) is 122 cm³/mol. The molecule has 3 aliphatic heterocycles. The smallest absolute Gasteiger partial charge is 0.414 e. The number of piperazine rings is 1. The molecule has 2 fully saturated rings. The first-order chi connectivity index (χ1) is 16.2. The Labute approximate surface area is 197 Å². The van der Waals surface area contributed by atoms with Gasteiger partial charge in [-0.2, -0.15) is 0 Å². The molecule has 2 unspecified atom stereocenters. The number of aromatic nitrogens is 2. The lowest BCUT2D eigenvalue weighted by molar-refractivity contribution is -0.389. The maximum absolute atomic E-state index is 12.5. The van der Waals surface area contributed by atoms with E-state index in [1.165, 1.54) is 6.20 Å². The minimum atomic E-state index is -0.525. The van der Waals surface area contributed by atoms with Crippen LogP contribution in [0.2, 0.25) is 0 Å². The highest BCUT2D eigenvalue weighted by atomic mass is 16.6. The molecule has 2 bridgehead atoms. The van der Waals surface area contributed by atoms with Crippen LogP contribution in [0.15, 0.2) is 30.5 Å². The summed E-state index contributed by atoms with van der Waals surface area (Å²) in [7, 11) is 0. The number of amides is 1. The van der Waals surface area contributed by atoms with Crippen molar-refractivity contribution in [2.75, 3.05) is 24.6 Å². The number of nitro groups is 1. The molecule has 34 heavy (non-hydrogen) atoms. The average Bonchev–Trinajstić information content (AvgIpc) is 3.50. The van der Waals surface area contributed by atoms with E-state index >= 15 is 0 Å². The number of benzene rings is 1. The van der Waals surface area contributed by atoms with Gasteiger partial charge in [-0.1, -0.05) is 0 Å². The maximum Gasteiger partial charge on any atom is 0.414 e. The van der Waals surface area contributed by atoms with Crippen LogP contribution in [0.3, 0.4) is 0 Å². The van der Waals surface area contributed by atoms with Crippen molar-refractivity contribution in [2.45, 2.75) is 63.9 Å². The van der Waals surface area contributed by atoms with Gasteiger partial charge in [0.25, 0.3) is 0 Å². The average molecular weight is 472 g/mol. The molecule has 5 rings (SSSR count). The third kappa shape index (κ3) is 4.46. The molecule has 2 aromatic rings. The summed E-state index contributed by atoms with van der Waals surface area (Å²) in [6, 6.07) is 8.64. The molecule has 11 heteroatoms. The fourth-order valence-electron chi connectivity index (χ4n) is 4.79. The third-order valence-corrected chi connectivity index (χ3v) is 6.35. The summed E-state index contributed by atoms with van der Waals surface area (Å²) in [6.07, 6.45) is 2.57. The van der Waals surface area contributed by atoms with E-state index < -0.39 is 10.5 Å². The van der Waals surface area contributed by atoms with E-state index in [4.69, 9.17) is 14.2 Å². The number of ether oxygens (including phenoxy) is 3. The van der Waals surface area contributed by atoms with Crippen molar-refractivity contribution in [2.24, 2.45) is 0 Å².